The van der Waals surface area contributed by atoms with Crippen LogP contribution in [0.5, 0.6) is 11.5 Å². The highest BCUT2D eigenvalue weighted by atomic mass is 35.5. The standard InChI is InChI=1S/C15H10Cl2O3/c16-11-7-12(17)9-13(8-11)20-14-4-2-1-3-10(14)5-6-15(18)19/h1-9H,(H,18,19)/b6-5+. The molecule has 20 heavy (non-hydrogen) atoms. The van der Waals surface area contributed by atoms with Crippen LogP contribution in [0.1, 0.15) is 5.56 Å². The topological polar surface area (TPSA) is 46.5 Å². The number of rotatable bonds is 4. The molecule has 2 rings (SSSR count). The van der Waals surface area contributed by atoms with Crippen molar-refractivity contribution < 1.29 is 14.6 Å². The predicted molar refractivity (Wildman–Crippen MR) is 79.6 cm³/mol. The molecule has 0 aliphatic rings. The van der Waals surface area contributed by atoms with Crippen molar-refractivity contribution in [2.45, 2.75) is 0 Å². The Bertz CT molecular complexity index is 646. The third-order valence-corrected chi connectivity index (χ3v) is 2.82. The molecule has 0 spiro atoms. The molecule has 0 unspecified atom stereocenters. The molecule has 0 fully saturated rings. The predicted octanol–water partition coefficient (Wildman–Crippen LogP) is 4.88. The van der Waals surface area contributed by atoms with Gasteiger partial charge in [0.05, 0.1) is 0 Å². The van der Waals surface area contributed by atoms with Crippen LogP contribution in [0.3, 0.4) is 0 Å². The van der Waals surface area contributed by atoms with Crippen LogP contribution in [0.25, 0.3) is 6.08 Å². The van der Waals surface area contributed by atoms with Gasteiger partial charge in [-0.15, -0.1) is 0 Å². The van der Waals surface area contributed by atoms with Gasteiger partial charge in [-0.3, -0.25) is 0 Å². The van der Waals surface area contributed by atoms with E-state index in [4.69, 9.17) is 33.0 Å². The maximum atomic E-state index is 10.6. The second kappa shape index (κ2) is 6.46. The van der Waals surface area contributed by atoms with Crippen molar-refractivity contribution >= 4 is 35.2 Å². The molecule has 0 radical (unpaired) electrons. The van der Waals surface area contributed by atoms with E-state index in [-0.39, 0.29) is 0 Å². The molecule has 2 aromatic carbocycles. The minimum Gasteiger partial charge on any atom is -0.478 e. The molecule has 0 atom stereocenters. The summed E-state index contributed by atoms with van der Waals surface area (Å²) in [6, 6.07) is 11.9. The van der Waals surface area contributed by atoms with Crippen molar-refractivity contribution in [2.24, 2.45) is 0 Å². The summed E-state index contributed by atoms with van der Waals surface area (Å²) < 4.78 is 5.69. The Kier molecular flexibility index (Phi) is 4.66. The van der Waals surface area contributed by atoms with Gasteiger partial charge in [-0.2, -0.15) is 0 Å². The number of ether oxygens (including phenoxy) is 1. The Labute approximate surface area is 126 Å². The number of benzene rings is 2. The Balaban J connectivity index is 2.31. The zero-order chi connectivity index (χ0) is 14.5. The molecule has 0 aliphatic carbocycles. The molecule has 2 aromatic rings. The number of halogens is 2. The number of para-hydroxylation sites is 1. The van der Waals surface area contributed by atoms with Gasteiger partial charge in [0.2, 0.25) is 0 Å². The number of carboxylic acids is 1. The maximum Gasteiger partial charge on any atom is 0.328 e. The van der Waals surface area contributed by atoms with Crippen molar-refractivity contribution in [1.29, 1.82) is 0 Å². The van der Waals surface area contributed by atoms with Gasteiger partial charge in [0, 0.05) is 21.7 Å². The first-order chi connectivity index (χ1) is 9.54. The van der Waals surface area contributed by atoms with Gasteiger partial charge in [0.25, 0.3) is 0 Å². The highest BCUT2D eigenvalue weighted by Gasteiger charge is 2.04. The monoisotopic (exact) mass is 308 g/mol. The van der Waals surface area contributed by atoms with Crippen molar-refractivity contribution in [2.75, 3.05) is 0 Å². The second-order valence-corrected chi connectivity index (χ2v) is 4.79. The SMILES string of the molecule is O=C(O)/C=C/c1ccccc1Oc1cc(Cl)cc(Cl)c1. The van der Waals surface area contributed by atoms with Crippen molar-refractivity contribution in [1.82, 2.24) is 0 Å². The van der Waals surface area contributed by atoms with Crippen molar-refractivity contribution in [3.8, 4) is 11.5 Å². The fourth-order valence-electron chi connectivity index (χ4n) is 1.59. The lowest BCUT2D eigenvalue weighted by Gasteiger charge is -2.09. The van der Waals surface area contributed by atoms with Gasteiger partial charge < -0.3 is 9.84 Å². The first kappa shape index (κ1) is 14.4. The van der Waals surface area contributed by atoms with Crippen molar-refractivity contribution in [3.63, 3.8) is 0 Å². The Morgan fingerprint density at radius 2 is 1.75 bits per heavy atom. The maximum absolute atomic E-state index is 10.6. The zero-order valence-electron chi connectivity index (χ0n) is 10.2. The molecule has 0 saturated heterocycles. The summed E-state index contributed by atoms with van der Waals surface area (Å²) in [5, 5.41) is 9.59. The van der Waals surface area contributed by atoms with Gasteiger partial charge in [-0.1, -0.05) is 41.4 Å². The molecule has 0 amide bonds. The number of hydrogen-bond donors (Lipinski definition) is 1. The highest BCUT2D eigenvalue weighted by Crippen LogP contribution is 2.30. The van der Waals surface area contributed by atoms with Crippen LogP contribution in [0.2, 0.25) is 10.0 Å². The van der Waals surface area contributed by atoms with E-state index in [1.54, 1.807) is 42.5 Å². The van der Waals surface area contributed by atoms with E-state index in [0.717, 1.165) is 6.08 Å². The Hall–Kier alpha value is -1.97. The molecule has 5 heteroatoms. The first-order valence-electron chi connectivity index (χ1n) is 5.68. The molecule has 0 aliphatic heterocycles. The molecule has 1 N–H and O–H groups in total. The Morgan fingerprint density at radius 1 is 1.10 bits per heavy atom. The minimum atomic E-state index is -1.02. The molecule has 0 bridgehead atoms. The number of hydrogen-bond acceptors (Lipinski definition) is 2. The van der Waals surface area contributed by atoms with E-state index in [0.29, 0.717) is 27.1 Å². The highest BCUT2D eigenvalue weighted by molar-refractivity contribution is 6.34. The van der Waals surface area contributed by atoms with Crippen LogP contribution in [0.15, 0.2) is 48.5 Å². The Morgan fingerprint density at radius 3 is 2.40 bits per heavy atom. The van der Waals surface area contributed by atoms with Crippen LogP contribution >= 0.6 is 23.2 Å². The number of aliphatic carboxylic acids is 1. The van der Waals surface area contributed by atoms with Gasteiger partial charge in [0.1, 0.15) is 11.5 Å². The average Bonchev–Trinajstić information content (AvgIpc) is 2.36. The normalized spacial score (nSPS) is 10.7. The van der Waals surface area contributed by atoms with Crippen LogP contribution < -0.4 is 4.74 Å². The summed E-state index contributed by atoms with van der Waals surface area (Å²) in [5.41, 5.74) is 0.644. The number of carboxylic acid groups (broad SMARTS) is 1. The summed E-state index contributed by atoms with van der Waals surface area (Å²) in [5.74, 6) is -0.0207. The summed E-state index contributed by atoms with van der Waals surface area (Å²) in [4.78, 5) is 10.6. The molecule has 0 saturated carbocycles. The lowest BCUT2D eigenvalue weighted by Crippen LogP contribution is -1.89. The van der Waals surface area contributed by atoms with Crippen LogP contribution in [0, 0.1) is 0 Å². The van der Waals surface area contributed by atoms with E-state index in [1.807, 2.05) is 0 Å². The number of carbonyl (C=O) groups is 1. The molecule has 0 heterocycles. The third-order valence-electron chi connectivity index (χ3n) is 2.39. The van der Waals surface area contributed by atoms with Gasteiger partial charge >= 0.3 is 5.97 Å². The molecule has 3 nitrogen and oxygen atoms in total. The minimum absolute atomic E-state index is 0.464. The van der Waals surface area contributed by atoms with Gasteiger partial charge in [-0.05, 0) is 30.3 Å². The largest absolute Gasteiger partial charge is 0.478 e. The van der Waals surface area contributed by atoms with Crippen LogP contribution in [0.4, 0.5) is 0 Å². The first-order valence-corrected chi connectivity index (χ1v) is 6.44. The summed E-state index contributed by atoms with van der Waals surface area (Å²) in [7, 11) is 0. The van der Waals surface area contributed by atoms with E-state index >= 15 is 0 Å². The van der Waals surface area contributed by atoms with Gasteiger partial charge in [0.15, 0.2) is 0 Å². The quantitative estimate of drug-likeness (QED) is 0.818. The van der Waals surface area contributed by atoms with E-state index in [2.05, 4.69) is 0 Å². The molecule has 0 aromatic heterocycles. The zero-order valence-corrected chi connectivity index (χ0v) is 11.7. The summed E-state index contributed by atoms with van der Waals surface area (Å²) in [6.07, 6.45) is 2.51. The lowest BCUT2D eigenvalue weighted by molar-refractivity contribution is -0.131. The second-order valence-electron chi connectivity index (χ2n) is 3.92. The molecular formula is C15H10Cl2O3. The fourth-order valence-corrected chi connectivity index (χ4v) is 2.09. The summed E-state index contributed by atoms with van der Waals surface area (Å²) in [6.45, 7) is 0. The van der Waals surface area contributed by atoms with Crippen molar-refractivity contribution in [3.05, 3.63) is 64.1 Å². The van der Waals surface area contributed by atoms with Gasteiger partial charge in [-0.25, -0.2) is 4.79 Å². The molecular weight excluding hydrogens is 299 g/mol. The van der Waals surface area contributed by atoms with E-state index < -0.39 is 5.97 Å². The summed E-state index contributed by atoms with van der Waals surface area (Å²) >= 11 is 11.8. The smallest absolute Gasteiger partial charge is 0.328 e. The fraction of sp³-hybridized carbons (Fsp3) is 0. The lowest BCUT2D eigenvalue weighted by atomic mass is 10.2. The van der Waals surface area contributed by atoms with Crippen LogP contribution in [-0.2, 0) is 4.79 Å². The van der Waals surface area contributed by atoms with E-state index in [1.165, 1.54) is 6.08 Å². The third kappa shape index (κ3) is 4.02. The van der Waals surface area contributed by atoms with Crippen LogP contribution in [-0.4, -0.2) is 11.1 Å². The van der Waals surface area contributed by atoms with E-state index in [9.17, 15) is 4.79 Å². The molecule has 102 valence electrons. The average molecular weight is 309 g/mol.